The van der Waals surface area contributed by atoms with Gasteiger partial charge in [0, 0.05) is 23.3 Å². The zero-order valence-electron chi connectivity index (χ0n) is 19.8. The first kappa shape index (κ1) is 24.9. The quantitative estimate of drug-likeness (QED) is 0.429. The minimum absolute atomic E-state index is 0.0443. The summed E-state index contributed by atoms with van der Waals surface area (Å²) in [5.74, 6) is 1.52. The number of nitrogens with one attached hydrogen (secondary N) is 2. The molecule has 35 heavy (non-hydrogen) atoms. The van der Waals surface area contributed by atoms with Crippen LogP contribution in [0.3, 0.4) is 0 Å². The normalized spacial score (nSPS) is 13.1. The SMILES string of the molecule is Cc1ccc(Cl)cc1NC(=O)CSc1nnc(C(NC(=O)c2ccc3c(c2)OCO3)C(C)C)n1C. The highest BCUT2D eigenvalue weighted by Gasteiger charge is 2.26. The van der Waals surface area contributed by atoms with E-state index >= 15 is 0 Å². The van der Waals surface area contributed by atoms with Crippen molar-refractivity contribution in [2.75, 3.05) is 17.9 Å². The average Bonchev–Trinajstić information content (AvgIpc) is 3.44. The number of hydrogen-bond acceptors (Lipinski definition) is 7. The molecular weight excluding hydrogens is 490 g/mol. The Bertz CT molecular complexity index is 1260. The molecule has 0 fully saturated rings. The molecule has 1 atom stereocenters. The van der Waals surface area contributed by atoms with Crippen LogP contribution in [0.25, 0.3) is 0 Å². The maximum Gasteiger partial charge on any atom is 0.252 e. The Labute approximate surface area is 212 Å². The lowest BCUT2D eigenvalue weighted by molar-refractivity contribution is -0.113. The van der Waals surface area contributed by atoms with Gasteiger partial charge in [0.15, 0.2) is 22.5 Å². The fraction of sp³-hybridized carbons (Fsp3) is 0.333. The number of thioether (sulfide) groups is 1. The number of amides is 2. The van der Waals surface area contributed by atoms with Gasteiger partial charge in [0.05, 0.1) is 11.8 Å². The summed E-state index contributed by atoms with van der Waals surface area (Å²) in [6, 6.07) is 10.0. The van der Waals surface area contributed by atoms with E-state index in [1.807, 2.05) is 33.9 Å². The fourth-order valence-corrected chi connectivity index (χ4v) is 4.45. The predicted octanol–water partition coefficient (Wildman–Crippen LogP) is 4.36. The number of anilines is 1. The maximum atomic E-state index is 13.0. The van der Waals surface area contributed by atoms with Crippen molar-refractivity contribution in [1.29, 1.82) is 0 Å². The molecule has 2 N–H and O–H groups in total. The van der Waals surface area contributed by atoms with Gasteiger partial charge in [-0.05, 0) is 48.7 Å². The minimum Gasteiger partial charge on any atom is -0.454 e. The van der Waals surface area contributed by atoms with Gasteiger partial charge in [-0.15, -0.1) is 10.2 Å². The third-order valence-corrected chi connectivity index (χ3v) is 6.80. The molecule has 0 aliphatic carbocycles. The van der Waals surface area contributed by atoms with Crippen LogP contribution in [0.5, 0.6) is 11.5 Å². The fourth-order valence-electron chi connectivity index (χ4n) is 3.56. The van der Waals surface area contributed by atoms with Gasteiger partial charge in [-0.1, -0.05) is 43.3 Å². The molecule has 184 valence electrons. The van der Waals surface area contributed by atoms with Crippen LogP contribution in [-0.2, 0) is 11.8 Å². The number of aryl methyl sites for hydroxylation is 1. The first-order valence-corrected chi connectivity index (χ1v) is 12.4. The van der Waals surface area contributed by atoms with E-state index in [1.54, 1.807) is 34.9 Å². The zero-order chi connectivity index (χ0) is 25.1. The van der Waals surface area contributed by atoms with Crippen LogP contribution < -0.4 is 20.1 Å². The van der Waals surface area contributed by atoms with E-state index in [0.717, 1.165) is 5.56 Å². The second kappa shape index (κ2) is 10.6. The van der Waals surface area contributed by atoms with Gasteiger partial charge in [0.2, 0.25) is 12.7 Å². The largest absolute Gasteiger partial charge is 0.454 e. The molecule has 4 rings (SSSR count). The van der Waals surface area contributed by atoms with Crippen LogP contribution in [0.4, 0.5) is 5.69 Å². The number of rotatable bonds is 8. The number of halogens is 1. The Balaban J connectivity index is 1.42. The van der Waals surface area contributed by atoms with Crippen LogP contribution in [0, 0.1) is 12.8 Å². The van der Waals surface area contributed by atoms with E-state index in [1.165, 1.54) is 11.8 Å². The molecule has 11 heteroatoms. The average molecular weight is 516 g/mol. The second-order valence-corrected chi connectivity index (χ2v) is 9.84. The van der Waals surface area contributed by atoms with Crippen LogP contribution in [0.2, 0.25) is 5.02 Å². The molecule has 2 aromatic carbocycles. The summed E-state index contributed by atoms with van der Waals surface area (Å²) in [4.78, 5) is 25.4. The standard InChI is InChI=1S/C24H26ClN5O4S/c1-13(2)21(27-23(32)15-6-8-18-19(9-15)34-12-33-18)22-28-29-24(30(22)4)35-11-20(31)26-17-10-16(25)7-5-14(17)3/h5-10,13,21H,11-12H2,1-4H3,(H,26,31)(H,27,32). The van der Waals surface area contributed by atoms with E-state index in [2.05, 4.69) is 20.8 Å². The summed E-state index contributed by atoms with van der Waals surface area (Å²) in [5, 5.41) is 15.6. The molecule has 0 saturated carbocycles. The highest BCUT2D eigenvalue weighted by Crippen LogP contribution is 2.33. The molecule has 1 aliphatic heterocycles. The lowest BCUT2D eigenvalue weighted by atomic mass is 10.0. The minimum atomic E-state index is -0.386. The Hall–Kier alpha value is -3.24. The molecule has 2 heterocycles. The van der Waals surface area contributed by atoms with Crippen LogP contribution >= 0.6 is 23.4 Å². The van der Waals surface area contributed by atoms with Crippen LogP contribution in [0.1, 0.15) is 41.6 Å². The highest BCUT2D eigenvalue weighted by molar-refractivity contribution is 7.99. The molecule has 2 amide bonds. The van der Waals surface area contributed by atoms with Gasteiger partial charge >= 0.3 is 0 Å². The molecule has 9 nitrogen and oxygen atoms in total. The number of carbonyl (C=O) groups excluding carboxylic acids is 2. The predicted molar refractivity (Wildman–Crippen MR) is 134 cm³/mol. The van der Waals surface area contributed by atoms with Crippen molar-refractivity contribution in [1.82, 2.24) is 20.1 Å². The van der Waals surface area contributed by atoms with E-state index in [-0.39, 0.29) is 36.3 Å². The Kier molecular flexibility index (Phi) is 7.51. The summed E-state index contributed by atoms with van der Waals surface area (Å²) in [7, 11) is 1.82. The van der Waals surface area contributed by atoms with Crippen molar-refractivity contribution in [3.05, 3.63) is 58.4 Å². The summed E-state index contributed by atoms with van der Waals surface area (Å²) in [5.41, 5.74) is 2.06. The van der Waals surface area contributed by atoms with E-state index in [0.29, 0.717) is 38.8 Å². The van der Waals surface area contributed by atoms with Gasteiger partial charge in [-0.25, -0.2) is 0 Å². The monoisotopic (exact) mass is 515 g/mol. The van der Waals surface area contributed by atoms with Crippen molar-refractivity contribution in [3.63, 3.8) is 0 Å². The van der Waals surface area contributed by atoms with Crippen molar-refractivity contribution in [3.8, 4) is 11.5 Å². The molecule has 1 aromatic heterocycles. The zero-order valence-corrected chi connectivity index (χ0v) is 21.4. The number of carbonyl (C=O) groups is 2. The number of nitrogens with zero attached hydrogens (tertiary/aromatic N) is 3. The summed E-state index contributed by atoms with van der Waals surface area (Å²) in [6.07, 6.45) is 0. The molecule has 1 aliphatic rings. The Morgan fingerprint density at radius 3 is 2.69 bits per heavy atom. The summed E-state index contributed by atoms with van der Waals surface area (Å²) >= 11 is 7.30. The van der Waals surface area contributed by atoms with Crippen molar-refractivity contribution < 1.29 is 19.1 Å². The van der Waals surface area contributed by atoms with Gasteiger partial charge in [-0.3, -0.25) is 9.59 Å². The molecular formula is C24H26ClN5O4S. The maximum absolute atomic E-state index is 13.0. The van der Waals surface area contributed by atoms with Gasteiger partial charge in [0.25, 0.3) is 5.91 Å². The van der Waals surface area contributed by atoms with Crippen LogP contribution in [-0.4, -0.2) is 39.1 Å². The summed E-state index contributed by atoms with van der Waals surface area (Å²) in [6.45, 7) is 6.03. The number of hydrogen-bond donors (Lipinski definition) is 2. The summed E-state index contributed by atoms with van der Waals surface area (Å²) < 4.78 is 12.5. The number of fused-ring (bicyclic) bond motifs is 1. The third kappa shape index (κ3) is 5.71. The van der Waals surface area contributed by atoms with Gasteiger partial charge in [-0.2, -0.15) is 0 Å². The lowest BCUT2D eigenvalue weighted by Crippen LogP contribution is -2.33. The van der Waals surface area contributed by atoms with Crippen molar-refractivity contribution in [2.24, 2.45) is 13.0 Å². The number of ether oxygens (including phenoxy) is 2. The first-order valence-electron chi connectivity index (χ1n) is 11.0. The molecule has 0 bridgehead atoms. The third-order valence-electron chi connectivity index (χ3n) is 5.54. The smallest absolute Gasteiger partial charge is 0.252 e. The Morgan fingerprint density at radius 2 is 1.91 bits per heavy atom. The van der Waals surface area contributed by atoms with E-state index in [9.17, 15) is 9.59 Å². The van der Waals surface area contributed by atoms with Crippen molar-refractivity contribution >= 4 is 40.9 Å². The van der Waals surface area contributed by atoms with Crippen molar-refractivity contribution in [2.45, 2.75) is 32.0 Å². The Morgan fingerprint density at radius 1 is 1.14 bits per heavy atom. The molecule has 0 spiro atoms. The lowest BCUT2D eigenvalue weighted by Gasteiger charge is -2.21. The van der Waals surface area contributed by atoms with Gasteiger partial charge in [0.1, 0.15) is 0 Å². The number of aromatic nitrogens is 3. The van der Waals surface area contributed by atoms with Crippen LogP contribution in [0.15, 0.2) is 41.6 Å². The highest BCUT2D eigenvalue weighted by atomic mass is 35.5. The topological polar surface area (TPSA) is 107 Å². The van der Waals surface area contributed by atoms with E-state index < -0.39 is 0 Å². The molecule has 0 saturated heterocycles. The molecule has 3 aromatic rings. The van der Waals surface area contributed by atoms with E-state index in [4.69, 9.17) is 21.1 Å². The number of benzene rings is 2. The van der Waals surface area contributed by atoms with Gasteiger partial charge < -0.3 is 24.7 Å². The molecule has 0 radical (unpaired) electrons. The second-order valence-electron chi connectivity index (χ2n) is 8.46. The molecule has 1 unspecified atom stereocenters. The first-order chi connectivity index (χ1) is 16.7.